The molecule has 0 aliphatic carbocycles. The van der Waals surface area contributed by atoms with E-state index in [2.05, 4.69) is 5.32 Å². The summed E-state index contributed by atoms with van der Waals surface area (Å²) in [6.07, 6.45) is 1.85. The largest absolute Gasteiger partial charge is 0.352 e. The zero-order chi connectivity index (χ0) is 13.7. The molecule has 1 aromatic heterocycles. The summed E-state index contributed by atoms with van der Waals surface area (Å²) in [7, 11) is 0. The van der Waals surface area contributed by atoms with Gasteiger partial charge in [-0.3, -0.25) is 9.59 Å². The molecule has 0 aromatic carbocycles. The maximum atomic E-state index is 11.8. The van der Waals surface area contributed by atoms with Crippen molar-refractivity contribution in [1.82, 2.24) is 9.88 Å². The molecule has 1 aromatic rings. The number of carbonyl (C=O) groups excluding carboxylic acids is 1. The molecule has 2 rings (SSSR count). The molecule has 0 bridgehead atoms. The summed E-state index contributed by atoms with van der Waals surface area (Å²) in [6, 6.07) is 1.42. The highest BCUT2D eigenvalue weighted by molar-refractivity contribution is 6.29. The second-order valence-corrected chi connectivity index (χ2v) is 4.31. The quantitative estimate of drug-likeness (QED) is 0.837. The highest BCUT2D eigenvalue weighted by Gasteiger charge is 2.18. The van der Waals surface area contributed by atoms with Gasteiger partial charge >= 0.3 is 0 Å². The van der Waals surface area contributed by atoms with Gasteiger partial charge in [-0.1, -0.05) is 25.4 Å². The van der Waals surface area contributed by atoms with E-state index in [1.165, 1.54) is 13.0 Å². The highest BCUT2D eigenvalue weighted by atomic mass is 35.5. The average molecular weight is 271 g/mol. The van der Waals surface area contributed by atoms with Crippen LogP contribution in [-0.2, 0) is 24.3 Å². The van der Waals surface area contributed by atoms with Crippen molar-refractivity contribution in [3.05, 3.63) is 32.7 Å². The fraction of sp³-hybridized carbons (Fsp3) is 0.538. The topological polar surface area (TPSA) is 51.1 Å². The summed E-state index contributed by atoms with van der Waals surface area (Å²) in [5.74, 6) is -0.133. The van der Waals surface area contributed by atoms with Gasteiger partial charge in [0, 0.05) is 37.3 Å². The number of halogens is 1. The number of nitrogens with one attached hydrogen (secondary N) is 1. The summed E-state index contributed by atoms with van der Waals surface area (Å²) in [5, 5.41) is 3.15. The smallest absolute Gasteiger partial charge is 0.217 e. The first-order valence-corrected chi connectivity index (χ1v) is 6.63. The third-order valence-electron chi connectivity index (χ3n) is 2.79. The van der Waals surface area contributed by atoms with E-state index in [0.717, 1.165) is 25.1 Å². The zero-order valence-electron chi connectivity index (χ0n) is 11.0. The molecule has 1 aliphatic rings. The van der Waals surface area contributed by atoms with Crippen molar-refractivity contribution in [2.45, 2.75) is 46.7 Å². The first-order valence-electron chi connectivity index (χ1n) is 6.25. The van der Waals surface area contributed by atoms with Gasteiger partial charge in [-0.05, 0) is 12.8 Å². The number of carbonyl (C=O) groups is 1. The van der Waals surface area contributed by atoms with Crippen LogP contribution < -0.4 is 10.7 Å². The SMILES string of the molecule is CC.CC(=O)NCc1c2n(c(Cl)cc1=O)CCC2. The monoisotopic (exact) mass is 270 g/mol. The van der Waals surface area contributed by atoms with Crippen LogP contribution >= 0.6 is 11.6 Å². The van der Waals surface area contributed by atoms with Gasteiger partial charge in [0.25, 0.3) is 0 Å². The third-order valence-corrected chi connectivity index (χ3v) is 3.10. The molecule has 1 N–H and O–H groups in total. The third kappa shape index (κ3) is 3.13. The van der Waals surface area contributed by atoms with Gasteiger partial charge in [-0.15, -0.1) is 0 Å². The Kier molecular flexibility index (Phi) is 5.41. The van der Waals surface area contributed by atoms with E-state index in [-0.39, 0.29) is 11.3 Å². The van der Waals surface area contributed by atoms with Crippen LogP contribution in [0.3, 0.4) is 0 Å². The molecule has 2 heterocycles. The maximum Gasteiger partial charge on any atom is 0.217 e. The summed E-state index contributed by atoms with van der Waals surface area (Å²) in [6.45, 7) is 6.58. The lowest BCUT2D eigenvalue weighted by atomic mass is 10.1. The van der Waals surface area contributed by atoms with E-state index in [1.807, 2.05) is 18.4 Å². The molecule has 18 heavy (non-hydrogen) atoms. The standard InChI is InChI=1S/C11H13ClN2O2.C2H6/c1-7(15)13-6-8-9-3-2-4-14(9)11(12)5-10(8)16;1-2/h5H,2-4,6H2,1H3,(H,13,15);1-2H3. The molecular weight excluding hydrogens is 252 g/mol. The maximum absolute atomic E-state index is 11.8. The van der Waals surface area contributed by atoms with Crippen molar-refractivity contribution in [2.75, 3.05) is 0 Å². The van der Waals surface area contributed by atoms with Crippen molar-refractivity contribution >= 4 is 17.5 Å². The second-order valence-electron chi connectivity index (χ2n) is 3.92. The number of fused-ring (bicyclic) bond motifs is 1. The Morgan fingerprint density at radius 2 is 2.17 bits per heavy atom. The summed E-state index contributed by atoms with van der Waals surface area (Å²) >= 11 is 5.99. The van der Waals surface area contributed by atoms with E-state index in [1.54, 1.807) is 0 Å². The van der Waals surface area contributed by atoms with Crippen molar-refractivity contribution < 1.29 is 4.79 Å². The Morgan fingerprint density at radius 1 is 1.50 bits per heavy atom. The molecule has 0 atom stereocenters. The number of hydrogen-bond acceptors (Lipinski definition) is 2. The van der Waals surface area contributed by atoms with E-state index in [0.29, 0.717) is 17.3 Å². The van der Waals surface area contributed by atoms with Crippen molar-refractivity contribution in [3.8, 4) is 0 Å². The lowest BCUT2D eigenvalue weighted by molar-refractivity contribution is -0.119. The highest BCUT2D eigenvalue weighted by Crippen LogP contribution is 2.21. The van der Waals surface area contributed by atoms with Gasteiger partial charge < -0.3 is 9.88 Å². The molecule has 5 heteroatoms. The Morgan fingerprint density at radius 3 is 2.78 bits per heavy atom. The van der Waals surface area contributed by atoms with Gasteiger partial charge in [0.2, 0.25) is 5.91 Å². The number of nitrogens with zero attached hydrogens (tertiary/aromatic N) is 1. The molecule has 0 unspecified atom stereocenters. The molecule has 0 saturated carbocycles. The number of amides is 1. The first kappa shape index (κ1) is 14.8. The predicted octanol–water partition coefficient (Wildman–Crippen LogP) is 2.11. The molecule has 4 nitrogen and oxygen atoms in total. The molecule has 1 amide bonds. The number of pyridine rings is 1. The molecule has 0 spiro atoms. The van der Waals surface area contributed by atoms with E-state index >= 15 is 0 Å². The van der Waals surface area contributed by atoms with Crippen LogP contribution in [0.25, 0.3) is 0 Å². The summed E-state index contributed by atoms with van der Waals surface area (Å²) in [5.41, 5.74) is 1.54. The normalized spacial score (nSPS) is 12.4. The van der Waals surface area contributed by atoms with Crippen molar-refractivity contribution in [2.24, 2.45) is 0 Å². The Bertz CT molecular complexity index is 494. The number of rotatable bonds is 2. The minimum Gasteiger partial charge on any atom is -0.352 e. The average Bonchev–Trinajstić information content (AvgIpc) is 2.80. The molecule has 0 fully saturated rings. The van der Waals surface area contributed by atoms with Crippen LogP contribution in [-0.4, -0.2) is 10.5 Å². The van der Waals surface area contributed by atoms with Crippen LogP contribution in [0.4, 0.5) is 0 Å². The first-order chi connectivity index (χ1) is 8.59. The Labute approximate surface area is 112 Å². The Balaban J connectivity index is 0.000000771. The van der Waals surface area contributed by atoms with Gasteiger partial charge in [0.05, 0.1) is 0 Å². The van der Waals surface area contributed by atoms with Gasteiger partial charge in [-0.2, -0.15) is 0 Å². The lowest BCUT2D eigenvalue weighted by Crippen LogP contribution is -2.26. The van der Waals surface area contributed by atoms with Crippen LogP contribution in [0.15, 0.2) is 10.9 Å². The number of aromatic nitrogens is 1. The Hall–Kier alpha value is -1.29. The fourth-order valence-electron chi connectivity index (χ4n) is 2.04. The fourth-order valence-corrected chi connectivity index (χ4v) is 2.33. The summed E-state index contributed by atoms with van der Waals surface area (Å²) < 4.78 is 1.94. The second kappa shape index (κ2) is 6.59. The predicted molar refractivity (Wildman–Crippen MR) is 72.9 cm³/mol. The van der Waals surface area contributed by atoms with Gasteiger partial charge in [0.1, 0.15) is 5.15 Å². The van der Waals surface area contributed by atoms with Gasteiger partial charge in [-0.25, -0.2) is 0 Å². The van der Waals surface area contributed by atoms with Crippen LogP contribution in [0.1, 0.15) is 38.4 Å². The van der Waals surface area contributed by atoms with Crippen LogP contribution in [0, 0.1) is 0 Å². The zero-order valence-corrected chi connectivity index (χ0v) is 11.8. The van der Waals surface area contributed by atoms with E-state index in [4.69, 9.17) is 11.6 Å². The summed E-state index contributed by atoms with van der Waals surface area (Å²) in [4.78, 5) is 22.6. The van der Waals surface area contributed by atoms with Crippen LogP contribution in [0.2, 0.25) is 5.15 Å². The van der Waals surface area contributed by atoms with E-state index in [9.17, 15) is 9.59 Å². The van der Waals surface area contributed by atoms with Crippen molar-refractivity contribution in [3.63, 3.8) is 0 Å². The number of hydrogen-bond donors (Lipinski definition) is 1. The molecule has 1 aliphatic heterocycles. The lowest BCUT2D eigenvalue weighted by Gasteiger charge is -2.11. The molecule has 100 valence electrons. The minimum absolute atomic E-state index is 0.0908. The van der Waals surface area contributed by atoms with Crippen LogP contribution in [0.5, 0.6) is 0 Å². The van der Waals surface area contributed by atoms with Crippen molar-refractivity contribution in [1.29, 1.82) is 0 Å². The van der Waals surface area contributed by atoms with E-state index < -0.39 is 0 Å². The molecule has 0 radical (unpaired) electrons. The minimum atomic E-state index is -0.133. The molecule has 0 saturated heterocycles. The van der Waals surface area contributed by atoms with Gasteiger partial charge in [0.15, 0.2) is 5.43 Å². The molecular formula is C13H19ClN2O2.